The van der Waals surface area contributed by atoms with Crippen LogP contribution >= 0.6 is 33.9 Å². The Hall–Kier alpha value is -5.65. The number of hydrogen-bond donors (Lipinski definition) is 2. The molecule has 0 spiro atoms. The van der Waals surface area contributed by atoms with E-state index in [0.29, 0.717) is 64.8 Å². The maximum atomic E-state index is 14.3. The van der Waals surface area contributed by atoms with Crippen molar-refractivity contribution in [3.8, 4) is 11.5 Å². The van der Waals surface area contributed by atoms with E-state index in [0.717, 1.165) is 43.2 Å². The van der Waals surface area contributed by atoms with Crippen molar-refractivity contribution in [2.24, 2.45) is 0 Å². The van der Waals surface area contributed by atoms with Crippen molar-refractivity contribution in [3.63, 3.8) is 0 Å². The molecule has 2 fully saturated rings. The minimum absolute atomic E-state index is 0.0740. The van der Waals surface area contributed by atoms with Gasteiger partial charge in [-0.15, -0.1) is 0 Å². The Labute approximate surface area is 393 Å². The number of nitrogens with zero attached hydrogens (tertiary/aromatic N) is 4. The monoisotopic (exact) mass is 986 g/mol. The van der Waals surface area contributed by atoms with Crippen LogP contribution in [0.1, 0.15) is 0 Å². The van der Waals surface area contributed by atoms with Gasteiger partial charge in [0.05, 0.1) is 58.1 Å². The molecule has 0 atom stereocenters. The molecular weight excluding hydrogens is 941 g/mol. The summed E-state index contributed by atoms with van der Waals surface area (Å²) in [7, 11) is 0.738. The second-order valence-electron chi connectivity index (χ2n) is 14.6. The van der Waals surface area contributed by atoms with E-state index in [1.807, 2.05) is 46.2 Å². The molecule has 0 unspecified atom stereocenters. The molecule has 0 amide bonds. The summed E-state index contributed by atoms with van der Waals surface area (Å²) in [5, 5.41) is 0.787. The minimum Gasteiger partial charge on any atom is -0.497 e. The minimum atomic E-state index is -3.77. The number of anilines is 6. The number of sulfonamides is 1. The lowest BCUT2D eigenvalue weighted by atomic mass is 10.2. The first-order chi connectivity index (χ1) is 31.1. The molecule has 19 heteroatoms. The van der Waals surface area contributed by atoms with Gasteiger partial charge in [-0.1, -0.05) is 47.5 Å². The summed E-state index contributed by atoms with van der Waals surface area (Å²) >= 11 is 11.7. The number of benzene rings is 6. The normalized spacial score (nSPS) is 14.1. The molecule has 6 aromatic carbocycles. The Morgan fingerprint density at radius 1 is 0.523 bits per heavy atom. The van der Waals surface area contributed by atoms with Crippen molar-refractivity contribution in [1.82, 2.24) is 0 Å². The highest BCUT2D eigenvalue weighted by atomic mass is 35.7. The maximum absolute atomic E-state index is 14.3. The van der Waals surface area contributed by atoms with E-state index in [1.54, 1.807) is 48.5 Å². The van der Waals surface area contributed by atoms with Crippen LogP contribution in [-0.2, 0) is 19.1 Å². The molecular formula is C46H47Cl3F2N6O6S2. The second-order valence-corrected chi connectivity index (χ2v) is 19.7. The first-order valence-electron chi connectivity index (χ1n) is 20.2. The summed E-state index contributed by atoms with van der Waals surface area (Å²) in [4.78, 5) is 8.56. The molecule has 65 heavy (non-hydrogen) atoms. The fraction of sp³-hybridized carbons (Fsp3) is 0.217. The molecule has 2 heterocycles. The Morgan fingerprint density at radius 2 is 0.908 bits per heavy atom. The summed E-state index contributed by atoms with van der Waals surface area (Å²) in [6.07, 6.45) is 0. The average Bonchev–Trinajstić information content (AvgIpc) is 3.30. The smallest absolute Gasteiger partial charge is 0.261 e. The molecule has 0 aliphatic carbocycles. The lowest BCUT2D eigenvalue weighted by molar-refractivity contribution is 0.414. The van der Waals surface area contributed by atoms with E-state index in [4.69, 9.17) is 49.1 Å². The van der Waals surface area contributed by atoms with Gasteiger partial charge in [-0.3, -0.25) is 4.72 Å². The SMILES string of the molecule is COc1ccc(S(=O)(=O)Cl)cc1.COc1ccc(S(=O)(=O)Nc2ccccc2N2CCN(c3ccc(Cl)cc3F)CC2)cc1.Nc1ccccc1N1CCN(c2ccc(Cl)cc2F)CC1. The molecule has 3 N–H and O–H groups in total. The first kappa shape index (κ1) is 48.8. The highest BCUT2D eigenvalue weighted by Gasteiger charge is 2.24. The van der Waals surface area contributed by atoms with Crippen molar-refractivity contribution in [1.29, 1.82) is 0 Å². The quantitative estimate of drug-likeness (QED) is 0.100. The highest BCUT2D eigenvalue weighted by molar-refractivity contribution is 8.13. The van der Waals surface area contributed by atoms with E-state index >= 15 is 0 Å². The molecule has 0 aromatic heterocycles. The van der Waals surface area contributed by atoms with E-state index in [9.17, 15) is 25.6 Å². The highest BCUT2D eigenvalue weighted by Crippen LogP contribution is 2.32. The van der Waals surface area contributed by atoms with Gasteiger partial charge in [0.2, 0.25) is 0 Å². The molecule has 0 radical (unpaired) electrons. The summed E-state index contributed by atoms with van der Waals surface area (Å²) in [5.74, 6) is 0.562. The third kappa shape index (κ3) is 13.0. The standard InChI is InChI=1S/C23H23ClFN3O3S.C16H17ClFN3.C7H7ClO3S/c1-31-18-7-9-19(10-8-18)32(29,30)26-21-4-2-3-5-23(21)28-14-12-27(13-15-28)22-11-6-17(24)16-20(22)25;17-12-5-6-15(13(18)11-12)20-7-9-21(10-8-20)16-4-2-1-3-14(16)19;1-11-6-2-4-7(5-3-6)12(8,9)10/h2-11,16,26H,12-15H2,1H3;1-6,11H,7-10,19H2;2-5H,1H3. The fourth-order valence-electron chi connectivity index (χ4n) is 7.16. The number of nitrogen functional groups attached to an aromatic ring is 1. The summed E-state index contributed by atoms with van der Waals surface area (Å²) in [6.45, 7) is 5.56. The number of halogens is 5. The summed E-state index contributed by atoms with van der Waals surface area (Å²) in [6, 6.07) is 36.7. The van der Waals surface area contributed by atoms with Gasteiger partial charge in [-0.05, 0) is 109 Å². The zero-order chi connectivity index (χ0) is 46.7. The van der Waals surface area contributed by atoms with Gasteiger partial charge < -0.3 is 34.8 Å². The van der Waals surface area contributed by atoms with Crippen molar-refractivity contribution in [3.05, 3.63) is 155 Å². The number of nitrogens with two attached hydrogens (primary N) is 1. The van der Waals surface area contributed by atoms with Crippen molar-refractivity contribution >= 4 is 87.1 Å². The zero-order valence-corrected chi connectivity index (χ0v) is 39.3. The molecule has 12 nitrogen and oxygen atoms in total. The van der Waals surface area contributed by atoms with Crippen LogP contribution in [0.4, 0.5) is 42.9 Å². The number of nitrogens with one attached hydrogen (secondary N) is 1. The van der Waals surface area contributed by atoms with E-state index in [2.05, 4.69) is 14.5 Å². The average molecular weight is 988 g/mol. The van der Waals surface area contributed by atoms with Gasteiger partial charge in [-0.2, -0.15) is 0 Å². The fourth-order valence-corrected chi connectivity index (χ4v) is 9.32. The molecule has 0 saturated carbocycles. The van der Waals surface area contributed by atoms with Crippen LogP contribution in [0, 0.1) is 11.6 Å². The molecule has 2 aliphatic heterocycles. The number of piperazine rings is 2. The van der Waals surface area contributed by atoms with Crippen LogP contribution < -0.4 is 39.5 Å². The number of hydrogen-bond acceptors (Lipinski definition) is 11. The van der Waals surface area contributed by atoms with Gasteiger partial charge in [-0.25, -0.2) is 25.6 Å². The molecule has 344 valence electrons. The van der Waals surface area contributed by atoms with Crippen LogP contribution in [0.15, 0.2) is 143 Å². The molecule has 8 rings (SSSR count). The predicted octanol–water partition coefficient (Wildman–Crippen LogP) is 9.63. The summed E-state index contributed by atoms with van der Waals surface area (Å²) in [5.41, 5.74) is 10.2. The van der Waals surface area contributed by atoms with Gasteiger partial charge in [0, 0.05) is 73.1 Å². The zero-order valence-electron chi connectivity index (χ0n) is 35.4. The van der Waals surface area contributed by atoms with Crippen LogP contribution in [0.2, 0.25) is 10.0 Å². The topological polar surface area (TPSA) is 138 Å². The van der Waals surface area contributed by atoms with Gasteiger partial charge in [0.25, 0.3) is 19.1 Å². The van der Waals surface area contributed by atoms with E-state index < -0.39 is 19.1 Å². The van der Waals surface area contributed by atoms with Gasteiger partial charge >= 0.3 is 0 Å². The van der Waals surface area contributed by atoms with Crippen LogP contribution in [0.25, 0.3) is 0 Å². The summed E-state index contributed by atoms with van der Waals surface area (Å²) < 4.78 is 88.2. The van der Waals surface area contributed by atoms with Crippen LogP contribution in [0.5, 0.6) is 11.5 Å². The Kier molecular flexibility index (Phi) is 16.5. The molecule has 6 aromatic rings. The van der Waals surface area contributed by atoms with Crippen molar-refractivity contribution < 1.29 is 35.1 Å². The number of rotatable bonds is 10. The predicted molar refractivity (Wildman–Crippen MR) is 259 cm³/mol. The lowest BCUT2D eigenvalue weighted by Gasteiger charge is -2.38. The third-order valence-corrected chi connectivity index (χ3v) is 13.8. The van der Waals surface area contributed by atoms with Crippen molar-refractivity contribution in [2.75, 3.05) is 96.6 Å². The Morgan fingerprint density at radius 3 is 1.32 bits per heavy atom. The number of para-hydroxylation sites is 4. The van der Waals surface area contributed by atoms with Gasteiger partial charge in [0.1, 0.15) is 23.1 Å². The van der Waals surface area contributed by atoms with E-state index in [-0.39, 0.29) is 21.4 Å². The molecule has 2 aliphatic rings. The molecule has 0 bridgehead atoms. The largest absolute Gasteiger partial charge is 0.497 e. The van der Waals surface area contributed by atoms with Crippen LogP contribution in [0.3, 0.4) is 0 Å². The molecule has 2 saturated heterocycles. The third-order valence-electron chi connectivity index (χ3n) is 10.5. The first-order valence-corrected chi connectivity index (χ1v) is 24.7. The maximum Gasteiger partial charge on any atom is 0.261 e. The van der Waals surface area contributed by atoms with Crippen LogP contribution in [-0.4, -0.2) is 83.4 Å². The lowest BCUT2D eigenvalue weighted by Crippen LogP contribution is -2.47. The van der Waals surface area contributed by atoms with E-state index in [1.165, 1.54) is 62.8 Å². The van der Waals surface area contributed by atoms with Crippen molar-refractivity contribution in [2.45, 2.75) is 9.79 Å². The number of ether oxygens (including phenoxy) is 2. The Balaban J connectivity index is 0.000000181. The van der Waals surface area contributed by atoms with Gasteiger partial charge in [0.15, 0.2) is 0 Å². The Bertz CT molecular complexity index is 2760. The second kappa shape index (κ2) is 22.0. The number of methoxy groups -OCH3 is 2.